The molecule has 1 saturated heterocycles. The smallest absolute Gasteiger partial charge is 0.404 e. The lowest BCUT2D eigenvalue weighted by atomic mass is 9.94. The molecule has 0 aromatic heterocycles. The molecule has 0 amide bonds. The Kier molecular flexibility index (Phi) is 4.80. The van der Waals surface area contributed by atoms with Crippen LogP contribution in [0.3, 0.4) is 0 Å². The third-order valence-electron chi connectivity index (χ3n) is 3.31. The molecule has 0 aromatic rings. The Morgan fingerprint density at radius 1 is 1.53 bits per heavy atom. The van der Waals surface area contributed by atoms with Crippen molar-refractivity contribution in [3.05, 3.63) is 0 Å². The highest BCUT2D eigenvalue weighted by molar-refractivity contribution is 5.67. The highest BCUT2D eigenvalue weighted by Gasteiger charge is 2.45. The molecule has 2 atom stereocenters. The molecule has 0 saturated carbocycles. The van der Waals surface area contributed by atoms with E-state index >= 15 is 0 Å². The summed E-state index contributed by atoms with van der Waals surface area (Å²) in [6.07, 6.45) is -2.84. The molecule has 3 nitrogen and oxygen atoms in total. The number of piperidine rings is 1. The molecule has 0 spiro atoms. The number of hydrogen-bond acceptors (Lipinski definition) is 2. The van der Waals surface area contributed by atoms with Crippen molar-refractivity contribution in [2.45, 2.75) is 44.8 Å². The van der Waals surface area contributed by atoms with Gasteiger partial charge in [-0.25, -0.2) is 0 Å². The number of likely N-dealkylation sites (tertiary alicyclic amines) is 1. The highest BCUT2D eigenvalue weighted by Crippen LogP contribution is 2.31. The van der Waals surface area contributed by atoms with Crippen molar-refractivity contribution in [3.63, 3.8) is 0 Å². The van der Waals surface area contributed by atoms with Crippen molar-refractivity contribution in [2.24, 2.45) is 5.92 Å². The van der Waals surface area contributed by atoms with Crippen molar-refractivity contribution >= 4 is 5.97 Å². The number of alkyl halides is 3. The van der Waals surface area contributed by atoms with Gasteiger partial charge >= 0.3 is 12.1 Å². The third-order valence-corrected chi connectivity index (χ3v) is 3.31. The van der Waals surface area contributed by atoms with E-state index in [1.165, 1.54) is 4.90 Å². The number of carbonyl (C=O) groups is 1. The van der Waals surface area contributed by atoms with Crippen LogP contribution in [-0.2, 0) is 4.79 Å². The number of carboxylic acids is 1. The fourth-order valence-electron chi connectivity index (χ4n) is 2.33. The summed E-state index contributed by atoms with van der Waals surface area (Å²) in [5, 5.41) is 8.57. The van der Waals surface area contributed by atoms with Crippen LogP contribution >= 0.6 is 0 Å². The van der Waals surface area contributed by atoms with Gasteiger partial charge in [-0.05, 0) is 25.3 Å². The van der Waals surface area contributed by atoms with E-state index in [0.717, 1.165) is 12.8 Å². The van der Waals surface area contributed by atoms with Crippen LogP contribution in [0, 0.1) is 5.92 Å². The van der Waals surface area contributed by atoms with Crippen LogP contribution in [0.25, 0.3) is 0 Å². The second kappa shape index (κ2) is 5.71. The minimum Gasteiger partial charge on any atom is -0.481 e. The molecule has 1 heterocycles. The first-order valence-electron chi connectivity index (χ1n) is 5.87. The predicted molar refractivity (Wildman–Crippen MR) is 56.7 cm³/mol. The van der Waals surface area contributed by atoms with Crippen LogP contribution in [0.4, 0.5) is 13.2 Å². The molecule has 1 aliphatic heterocycles. The SMILES string of the molecule is CCC1CCCN(C(CC(=O)O)C(F)(F)F)C1. The highest BCUT2D eigenvalue weighted by atomic mass is 19.4. The van der Waals surface area contributed by atoms with E-state index in [0.29, 0.717) is 19.5 Å². The lowest BCUT2D eigenvalue weighted by Gasteiger charge is -2.38. The van der Waals surface area contributed by atoms with Crippen LogP contribution in [0.1, 0.15) is 32.6 Å². The van der Waals surface area contributed by atoms with Crippen LogP contribution in [0.2, 0.25) is 0 Å². The summed E-state index contributed by atoms with van der Waals surface area (Å²) >= 11 is 0. The maximum absolute atomic E-state index is 12.8. The number of nitrogens with zero attached hydrogens (tertiary/aromatic N) is 1. The summed E-state index contributed by atoms with van der Waals surface area (Å²) < 4.78 is 38.4. The second-order valence-electron chi connectivity index (χ2n) is 4.57. The van der Waals surface area contributed by atoms with E-state index in [2.05, 4.69) is 0 Å². The molecule has 2 unspecified atom stereocenters. The van der Waals surface area contributed by atoms with E-state index in [9.17, 15) is 18.0 Å². The van der Waals surface area contributed by atoms with Gasteiger partial charge in [0, 0.05) is 6.54 Å². The molecule has 100 valence electrons. The zero-order chi connectivity index (χ0) is 13.1. The van der Waals surface area contributed by atoms with E-state index in [1.807, 2.05) is 6.92 Å². The molecule has 1 aliphatic rings. The van der Waals surface area contributed by atoms with Gasteiger partial charge < -0.3 is 5.11 Å². The number of carboxylic acid groups (broad SMARTS) is 1. The van der Waals surface area contributed by atoms with E-state index < -0.39 is 24.6 Å². The Morgan fingerprint density at radius 3 is 2.65 bits per heavy atom. The fraction of sp³-hybridized carbons (Fsp3) is 0.909. The van der Waals surface area contributed by atoms with E-state index in [1.54, 1.807) is 0 Å². The van der Waals surface area contributed by atoms with Crippen LogP contribution < -0.4 is 0 Å². The van der Waals surface area contributed by atoms with E-state index in [-0.39, 0.29) is 5.92 Å². The molecular weight excluding hydrogens is 235 g/mol. The van der Waals surface area contributed by atoms with Gasteiger partial charge in [0.2, 0.25) is 0 Å². The van der Waals surface area contributed by atoms with Gasteiger partial charge in [-0.1, -0.05) is 13.3 Å². The van der Waals surface area contributed by atoms with Crippen molar-refractivity contribution in [3.8, 4) is 0 Å². The number of halogens is 3. The second-order valence-corrected chi connectivity index (χ2v) is 4.57. The molecule has 1 rings (SSSR count). The van der Waals surface area contributed by atoms with Gasteiger partial charge in [-0.15, -0.1) is 0 Å². The van der Waals surface area contributed by atoms with Crippen molar-refractivity contribution in [2.75, 3.05) is 13.1 Å². The average molecular weight is 253 g/mol. The maximum Gasteiger partial charge on any atom is 0.404 e. The van der Waals surface area contributed by atoms with Gasteiger partial charge in [0.1, 0.15) is 6.04 Å². The normalized spacial score (nSPS) is 24.6. The molecule has 1 N–H and O–H groups in total. The topological polar surface area (TPSA) is 40.5 Å². The Morgan fingerprint density at radius 2 is 2.18 bits per heavy atom. The largest absolute Gasteiger partial charge is 0.481 e. The lowest BCUT2D eigenvalue weighted by Crippen LogP contribution is -2.50. The van der Waals surface area contributed by atoms with Gasteiger partial charge in [-0.3, -0.25) is 9.69 Å². The zero-order valence-electron chi connectivity index (χ0n) is 9.83. The zero-order valence-corrected chi connectivity index (χ0v) is 9.83. The summed E-state index contributed by atoms with van der Waals surface area (Å²) in [6.45, 7) is 2.65. The Bertz CT molecular complexity index is 268. The third kappa shape index (κ3) is 4.18. The van der Waals surface area contributed by atoms with Crippen LogP contribution in [-0.4, -0.2) is 41.3 Å². The molecule has 1 fully saturated rings. The van der Waals surface area contributed by atoms with Crippen molar-refractivity contribution < 1.29 is 23.1 Å². The first-order valence-corrected chi connectivity index (χ1v) is 5.87. The number of rotatable bonds is 4. The summed E-state index contributed by atoms with van der Waals surface area (Å²) in [4.78, 5) is 11.8. The van der Waals surface area contributed by atoms with Gasteiger partial charge in [0.25, 0.3) is 0 Å². The Labute approximate surface area is 98.6 Å². The predicted octanol–water partition coefficient (Wildman–Crippen LogP) is 2.51. The minimum absolute atomic E-state index is 0.252. The molecule has 17 heavy (non-hydrogen) atoms. The monoisotopic (exact) mass is 253 g/mol. The van der Waals surface area contributed by atoms with Gasteiger partial charge in [-0.2, -0.15) is 13.2 Å². The van der Waals surface area contributed by atoms with Crippen molar-refractivity contribution in [1.82, 2.24) is 4.90 Å². The Balaban J connectivity index is 2.72. The first-order chi connectivity index (χ1) is 7.84. The molecule has 0 radical (unpaired) electrons. The summed E-state index contributed by atoms with van der Waals surface area (Å²) in [5.41, 5.74) is 0. The molecular formula is C11H18F3NO2. The fourth-order valence-corrected chi connectivity index (χ4v) is 2.33. The number of hydrogen-bond donors (Lipinski definition) is 1. The van der Waals surface area contributed by atoms with Gasteiger partial charge in [0.15, 0.2) is 0 Å². The molecule has 0 aromatic carbocycles. The van der Waals surface area contributed by atoms with E-state index in [4.69, 9.17) is 5.11 Å². The lowest BCUT2D eigenvalue weighted by molar-refractivity contribution is -0.194. The summed E-state index contributed by atoms with van der Waals surface area (Å²) in [7, 11) is 0. The van der Waals surface area contributed by atoms with Crippen LogP contribution in [0.15, 0.2) is 0 Å². The van der Waals surface area contributed by atoms with Crippen molar-refractivity contribution in [1.29, 1.82) is 0 Å². The average Bonchev–Trinajstić information content (AvgIpc) is 2.24. The Hall–Kier alpha value is -0.780. The summed E-state index contributed by atoms with van der Waals surface area (Å²) in [5.74, 6) is -1.15. The molecule has 0 bridgehead atoms. The summed E-state index contributed by atoms with van der Waals surface area (Å²) in [6, 6.07) is -1.84. The van der Waals surface area contributed by atoms with Gasteiger partial charge in [0.05, 0.1) is 6.42 Å². The number of aliphatic carboxylic acids is 1. The quantitative estimate of drug-likeness (QED) is 0.837. The van der Waals surface area contributed by atoms with Crippen LogP contribution in [0.5, 0.6) is 0 Å². The molecule has 0 aliphatic carbocycles. The maximum atomic E-state index is 12.8. The minimum atomic E-state index is -4.46. The standard InChI is InChI=1S/C11H18F3NO2/c1-2-8-4-3-5-15(7-8)9(6-10(16)17)11(12,13)14/h8-9H,2-7H2,1H3,(H,16,17). The molecule has 6 heteroatoms. The first kappa shape index (κ1) is 14.3.